The van der Waals surface area contributed by atoms with Crippen LogP contribution >= 0.6 is 11.6 Å². The maximum Gasteiger partial charge on any atom is 0.243 e. The van der Waals surface area contributed by atoms with Gasteiger partial charge in [-0.15, -0.1) is 0 Å². The molecular formula is C20H22ClN3O5S. The van der Waals surface area contributed by atoms with Crippen molar-refractivity contribution >= 4 is 39.1 Å². The van der Waals surface area contributed by atoms with E-state index in [1.54, 1.807) is 0 Å². The summed E-state index contributed by atoms with van der Waals surface area (Å²) < 4.78 is 27.0. The molecule has 2 aromatic carbocycles. The number of halogens is 1. The topological polar surface area (TPSA) is 116 Å². The molecule has 8 nitrogen and oxygen atoms in total. The molecule has 2 amide bonds. The van der Waals surface area contributed by atoms with Gasteiger partial charge in [0.1, 0.15) is 5.75 Å². The second-order valence-electron chi connectivity index (χ2n) is 6.97. The number of phenolic OH excluding ortho intramolecular Hbond substituents is 1. The van der Waals surface area contributed by atoms with Crippen molar-refractivity contribution in [3.8, 4) is 5.75 Å². The third-order valence-electron chi connectivity index (χ3n) is 4.78. The zero-order valence-electron chi connectivity index (χ0n) is 16.0. The summed E-state index contributed by atoms with van der Waals surface area (Å²) in [7, 11) is -3.73. The van der Waals surface area contributed by atoms with Crippen molar-refractivity contribution in [1.29, 1.82) is 0 Å². The van der Waals surface area contributed by atoms with Gasteiger partial charge < -0.3 is 15.7 Å². The van der Waals surface area contributed by atoms with E-state index in [1.807, 2.05) is 0 Å². The molecule has 30 heavy (non-hydrogen) atoms. The minimum atomic E-state index is -3.73. The smallest absolute Gasteiger partial charge is 0.243 e. The molecule has 1 aliphatic rings. The van der Waals surface area contributed by atoms with E-state index in [4.69, 9.17) is 11.6 Å². The Kier molecular flexibility index (Phi) is 6.96. The van der Waals surface area contributed by atoms with E-state index in [-0.39, 0.29) is 29.6 Å². The number of hydrogen-bond donors (Lipinski definition) is 3. The van der Waals surface area contributed by atoms with E-state index in [2.05, 4.69) is 10.6 Å². The summed E-state index contributed by atoms with van der Waals surface area (Å²) in [6.45, 7) is 0.145. The number of amides is 2. The molecule has 0 saturated carbocycles. The molecule has 1 heterocycles. The van der Waals surface area contributed by atoms with Crippen LogP contribution in [0.1, 0.15) is 12.8 Å². The fourth-order valence-electron chi connectivity index (χ4n) is 3.19. The van der Waals surface area contributed by atoms with Crippen molar-refractivity contribution in [1.82, 2.24) is 9.62 Å². The first kappa shape index (κ1) is 22.1. The van der Waals surface area contributed by atoms with Crippen molar-refractivity contribution < 1.29 is 23.1 Å². The van der Waals surface area contributed by atoms with E-state index >= 15 is 0 Å². The maximum absolute atomic E-state index is 12.8. The Bertz CT molecular complexity index is 1010. The molecule has 0 spiro atoms. The van der Waals surface area contributed by atoms with Crippen LogP contribution in [-0.4, -0.2) is 49.3 Å². The Balaban J connectivity index is 1.55. The first-order chi connectivity index (χ1) is 14.3. The quantitative estimate of drug-likeness (QED) is 0.582. The maximum atomic E-state index is 12.8. The highest BCUT2D eigenvalue weighted by Crippen LogP contribution is 2.25. The molecule has 3 N–H and O–H groups in total. The molecule has 160 valence electrons. The van der Waals surface area contributed by atoms with E-state index in [1.165, 1.54) is 52.8 Å². The number of hydrogen-bond acceptors (Lipinski definition) is 5. The van der Waals surface area contributed by atoms with Gasteiger partial charge in [-0.3, -0.25) is 9.59 Å². The lowest BCUT2D eigenvalue weighted by Crippen LogP contribution is -2.46. The highest BCUT2D eigenvalue weighted by Gasteiger charge is 2.33. The molecule has 1 aliphatic heterocycles. The minimum Gasteiger partial charge on any atom is -0.508 e. The standard InChI is InChI=1S/C20H22ClN3O5S/c21-15-3-9-18(10-4-15)30(28,29)24-11-1-2-14(13-24)20(27)22-12-19(26)23-16-5-7-17(25)8-6-16/h3-10,14,25H,1-2,11-13H2,(H,22,27)(H,23,26). The van der Waals surface area contributed by atoms with Gasteiger partial charge in [0.15, 0.2) is 0 Å². The average molecular weight is 452 g/mol. The largest absolute Gasteiger partial charge is 0.508 e. The van der Waals surface area contributed by atoms with Crippen LogP contribution in [-0.2, 0) is 19.6 Å². The van der Waals surface area contributed by atoms with Crippen LogP contribution in [0.25, 0.3) is 0 Å². The molecule has 1 saturated heterocycles. The van der Waals surface area contributed by atoms with Crippen LogP contribution in [0.3, 0.4) is 0 Å². The molecule has 1 atom stereocenters. The summed E-state index contributed by atoms with van der Waals surface area (Å²) in [5, 5.41) is 14.9. The third kappa shape index (κ3) is 5.50. The molecule has 0 bridgehead atoms. The van der Waals surface area contributed by atoms with E-state index in [9.17, 15) is 23.1 Å². The number of piperidine rings is 1. The van der Waals surface area contributed by atoms with Gasteiger partial charge in [-0.25, -0.2) is 8.42 Å². The first-order valence-corrected chi connectivity index (χ1v) is 11.2. The molecule has 0 radical (unpaired) electrons. The fraction of sp³-hybridized carbons (Fsp3) is 0.300. The van der Waals surface area contributed by atoms with E-state index in [0.717, 1.165) is 0 Å². The van der Waals surface area contributed by atoms with Gasteiger partial charge in [-0.2, -0.15) is 4.31 Å². The number of benzene rings is 2. The van der Waals surface area contributed by atoms with Gasteiger partial charge in [0.25, 0.3) is 0 Å². The second-order valence-corrected chi connectivity index (χ2v) is 9.34. The normalized spacial score (nSPS) is 17.3. The van der Waals surface area contributed by atoms with Gasteiger partial charge in [0.2, 0.25) is 21.8 Å². The SMILES string of the molecule is O=C(CNC(=O)C1CCCN(S(=O)(=O)c2ccc(Cl)cc2)C1)Nc1ccc(O)cc1. The van der Waals surface area contributed by atoms with Gasteiger partial charge in [0.05, 0.1) is 17.4 Å². The summed E-state index contributed by atoms with van der Waals surface area (Å²) in [6, 6.07) is 11.8. The highest BCUT2D eigenvalue weighted by molar-refractivity contribution is 7.89. The van der Waals surface area contributed by atoms with Gasteiger partial charge >= 0.3 is 0 Å². The van der Waals surface area contributed by atoms with Crippen molar-refractivity contribution in [2.75, 3.05) is 25.0 Å². The predicted molar refractivity (Wildman–Crippen MR) is 113 cm³/mol. The second kappa shape index (κ2) is 9.46. The Morgan fingerprint density at radius 1 is 1.10 bits per heavy atom. The van der Waals surface area contributed by atoms with Gasteiger partial charge in [-0.05, 0) is 61.4 Å². The highest BCUT2D eigenvalue weighted by atomic mass is 35.5. The molecule has 1 fully saturated rings. The van der Waals surface area contributed by atoms with Gasteiger partial charge in [0, 0.05) is 23.8 Å². The average Bonchev–Trinajstić information content (AvgIpc) is 2.74. The number of rotatable bonds is 6. The molecule has 2 aromatic rings. The van der Waals surface area contributed by atoms with Crippen molar-refractivity contribution in [3.05, 3.63) is 53.6 Å². The first-order valence-electron chi connectivity index (χ1n) is 9.38. The Hall–Kier alpha value is -2.62. The van der Waals surface area contributed by atoms with Crippen LogP contribution in [0.4, 0.5) is 5.69 Å². The van der Waals surface area contributed by atoms with E-state index < -0.39 is 21.8 Å². The Morgan fingerprint density at radius 2 is 1.77 bits per heavy atom. The van der Waals surface area contributed by atoms with E-state index in [0.29, 0.717) is 30.1 Å². The number of sulfonamides is 1. The van der Waals surface area contributed by atoms with Crippen LogP contribution in [0, 0.1) is 5.92 Å². The summed E-state index contributed by atoms with van der Waals surface area (Å²) >= 11 is 5.83. The Labute approximate surface area is 179 Å². The Morgan fingerprint density at radius 3 is 2.43 bits per heavy atom. The number of nitrogens with zero attached hydrogens (tertiary/aromatic N) is 1. The van der Waals surface area contributed by atoms with Crippen molar-refractivity contribution in [3.63, 3.8) is 0 Å². The van der Waals surface area contributed by atoms with Crippen LogP contribution in [0.5, 0.6) is 5.75 Å². The van der Waals surface area contributed by atoms with Crippen LogP contribution < -0.4 is 10.6 Å². The van der Waals surface area contributed by atoms with Crippen LogP contribution in [0.2, 0.25) is 5.02 Å². The van der Waals surface area contributed by atoms with Crippen LogP contribution in [0.15, 0.2) is 53.4 Å². The lowest BCUT2D eigenvalue weighted by atomic mass is 9.99. The summed E-state index contributed by atoms with van der Waals surface area (Å²) in [6.07, 6.45) is 1.09. The molecule has 0 aliphatic carbocycles. The molecule has 10 heteroatoms. The van der Waals surface area contributed by atoms with Crippen molar-refractivity contribution in [2.45, 2.75) is 17.7 Å². The lowest BCUT2D eigenvalue weighted by Gasteiger charge is -2.31. The monoisotopic (exact) mass is 451 g/mol. The lowest BCUT2D eigenvalue weighted by molar-refractivity contribution is -0.128. The van der Waals surface area contributed by atoms with Gasteiger partial charge in [-0.1, -0.05) is 11.6 Å². The zero-order chi connectivity index (χ0) is 21.7. The summed E-state index contributed by atoms with van der Waals surface area (Å²) in [4.78, 5) is 24.6. The zero-order valence-corrected chi connectivity index (χ0v) is 17.6. The number of nitrogens with one attached hydrogen (secondary N) is 2. The number of carbonyl (C=O) groups is 2. The molecular weight excluding hydrogens is 430 g/mol. The molecule has 0 aromatic heterocycles. The summed E-state index contributed by atoms with van der Waals surface area (Å²) in [5.74, 6) is -1.25. The third-order valence-corrected chi connectivity index (χ3v) is 6.91. The number of aromatic hydroxyl groups is 1. The molecule has 3 rings (SSSR count). The fourth-order valence-corrected chi connectivity index (χ4v) is 4.84. The number of carbonyl (C=O) groups excluding carboxylic acids is 2. The summed E-state index contributed by atoms with van der Waals surface area (Å²) in [5.41, 5.74) is 0.491. The minimum absolute atomic E-state index is 0.0520. The number of phenols is 1. The molecule has 1 unspecified atom stereocenters. The van der Waals surface area contributed by atoms with Crippen molar-refractivity contribution in [2.24, 2.45) is 5.92 Å². The number of anilines is 1. The predicted octanol–water partition coefficient (Wildman–Crippen LogP) is 2.20.